The van der Waals surface area contributed by atoms with Gasteiger partial charge in [0.25, 0.3) is 0 Å². The molecule has 0 aliphatic carbocycles. The summed E-state index contributed by atoms with van der Waals surface area (Å²) in [6.45, 7) is 3.92. The summed E-state index contributed by atoms with van der Waals surface area (Å²) in [6.07, 6.45) is 0. The van der Waals surface area contributed by atoms with E-state index < -0.39 is 0 Å². The smallest absolute Gasteiger partial charge is 0.234 e. The topological polar surface area (TPSA) is 92.9 Å². The lowest BCUT2D eigenvalue weighted by Crippen LogP contribution is -2.16. The van der Waals surface area contributed by atoms with Gasteiger partial charge in [-0.25, -0.2) is 0 Å². The molecule has 0 aliphatic heterocycles. The number of hydrogen-bond donors (Lipinski definition) is 2. The van der Waals surface area contributed by atoms with E-state index >= 15 is 0 Å². The van der Waals surface area contributed by atoms with E-state index in [0.717, 1.165) is 16.8 Å². The van der Waals surface area contributed by atoms with E-state index in [1.807, 2.05) is 32.0 Å². The van der Waals surface area contributed by atoms with Crippen LogP contribution < -0.4 is 5.32 Å². The molecule has 0 radical (unpaired) electrons. The van der Waals surface area contributed by atoms with Gasteiger partial charge in [0.1, 0.15) is 5.75 Å². The molecule has 128 valence electrons. The van der Waals surface area contributed by atoms with Crippen molar-refractivity contribution >= 4 is 23.4 Å². The van der Waals surface area contributed by atoms with Crippen LogP contribution in [0, 0.1) is 13.8 Å². The Kier molecular flexibility index (Phi) is 4.99. The molecule has 25 heavy (non-hydrogen) atoms. The fraction of sp³-hybridized carbons (Fsp3) is 0.176. The summed E-state index contributed by atoms with van der Waals surface area (Å²) in [5.41, 5.74) is 3.59. The van der Waals surface area contributed by atoms with Crippen LogP contribution >= 0.6 is 11.8 Å². The van der Waals surface area contributed by atoms with Crippen molar-refractivity contribution in [1.82, 2.24) is 20.2 Å². The van der Waals surface area contributed by atoms with Crippen LogP contribution in [-0.2, 0) is 4.79 Å². The molecule has 0 atom stereocenters. The summed E-state index contributed by atoms with van der Waals surface area (Å²) in [5.74, 6) is 0.230. The highest BCUT2D eigenvalue weighted by Crippen LogP contribution is 2.22. The Balaban J connectivity index is 1.67. The second-order valence-electron chi connectivity index (χ2n) is 5.49. The Hall–Kier alpha value is -2.87. The third-order valence-electron chi connectivity index (χ3n) is 3.61. The number of rotatable bonds is 5. The molecular weight excluding hydrogens is 338 g/mol. The normalized spacial score (nSPS) is 10.6. The minimum Gasteiger partial charge on any atom is -0.508 e. The lowest BCUT2D eigenvalue weighted by molar-refractivity contribution is -0.113. The second kappa shape index (κ2) is 7.35. The lowest BCUT2D eigenvalue weighted by atomic mass is 10.1. The Morgan fingerprint density at radius 1 is 1.16 bits per heavy atom. The minimum atomic E-state index is -0.123. The van der Waals surface area contributed by atoms with E-state index in [1.165, 1.54) is 16.4 Å². The van der Waals surface area contributed by atoms with Gasteiger partial charge >= 0.3 is 0 Å². The van der Waals surface area contributed by atoms with Crippen LogP contribution in [0.1, 0.15) is 11.1 Å². The summed E-state index contributed by atoms with van der Waals surface area (Å²) in [5, 5.41) is 24.3. The molecule has 8 heteroatoms. The lowest BCUT2D eigenvalue weighted by Gasteiger charge is -2.11. The van der Waals surface area contributed by atoms with Gasteiger partial charge in [0.15, 0.2) is 0 Å². The van der Waals surface area contributed by atoms with Crippen molar-refractivity contribution in [2.24, 2.45) is 0 Å². The van der Waals surface area contributed by atoms with Gasteiger partial charge in [0, 0.05) is 5.69 Å². The van der Waals surface area contributed by atoms with E-state index in [-0.39, 0.29) is 17.4 Å². The highest BCUT2D eigenvalue weighted by Gasteiger charge is 2.13. The molecule has 3 aromatic rings. The number of carbonyl (C=O) groups excluding carboxylic acids is 1. The maximum Gasteiger partial charge on any atom is 0.234 e. The first-order valence-corrected chi connectivity index (χ1v) is 8.60. The number of phenols is 1. The molecule has 0 saturated carbocycles. The Morgan fingerprint density at radius 3 is 2.52 bits per heavy atom. The van der Waals surface area contributed by atoms with Crippen molar-refractivity contribution < 1.29 is 9.90 Å². The monoisotopic (exact) mass is 355 g/mol. The van der Waals surface area contributed by atoms with Gasteiger partial charge in [-0.05, 0) is 59.7 Å². The largest absolute Gasteiger partial charge is 0.508 e. The van der Waals surface area contributed by atoms with Gasteiger partial charge in [-0.3, -0.25) is 4.79 Å². The SMILES string of the molecule is Cc1cccc(C)c1NC(=O)CSc1nnnn1-c1ccc(O)cc1. The molecule has 2 N–H and O–H groups in total. The van der Waals surface area contributed by atoms with Gasteiger partial charge in [-0.15, -0.1) is 5.10 Å². The molecule has 7 nitrogen and oxygen atoms in total. The molecule has 0 fully saturated rings. The molecule has 0 aliphatic rings. The summed E-state index contributed by atoms with van der Waals surface area (Å²) in [7, 11) is 0. The Labute approximate surface area is 149 Å². The highest BCUT2D eigenvalue weighted by atomic mass is 32.2. The van der Waals surface area contributed by atoms with Crippen LogP contribution in [0.4, 0.5) is 5.69 Å². The van der Waals surface area contributed by atoms with E-state index in [4.69, 9.17) is 0 Å². The molecule has 1 amide bonds. The fourth-order valence-corrected chi connectivity index (χ4v) is 3.03. The number of amides is 1. The number of aromatic hydroxyl groups is 1. The maximum atomic E-state index is 12.3. The number of hydrogen-bond acceptors (Lipinski definition) is 6. The van der Waals surface area contributed by atoms with Crippen LogP contribution in [0.15, 0.2) is 47.6 Å². The predicted molar refractivity (Wildman–Crippen MR) is 96.1 cm³/mol. The molecule has 0 unspecified atom stereocenters. The molecule has 1 heterocycles. The van der Waals surface area contributed by atoms with E-state index in [9.17, 15) is 9.90 Å². The molecule has 1 aromatic heterocycles. The summed E-state index contributed by atoms with van der Waals surface area (Å²) in [4.78, 5) is 12.3. The number of nitrogens with zero attached hydrogens (tertiary/aromatic N) is 4. The van der Waals surface area contributed by atoms with Gasteiger partial charge in [0.05, 0.1) is 11.4 Å². The van der Waals surface area contributed by atoms with Crippen molar-refractivity contribution in [1.29, 1.82) is 0 Å². The average molecular weight is 355 g/mol. The second-order valence-corrected chi connectivity index (χ2v) is 6.44. The summed E-state index contributed by atoms with van der Waals surface area (Å²) in [6, 6.07) is 12.4. The Morgan fingerprint density at radius 2 is 1.84 bits per heavy atom. The van der Waals surface area contributed by atoms with Gasteiger partial charge < -0.3 is 10.4 Å². The zero-order valence-electron chi connectivity index (χ0n) is 13.8. The number of para-hydroxylation sites is 1. The number of nitrogens with one attached hydrogen (secondary N) is 1. The zero-order chi connectivity index (χ0) is 17.8. The first-order valence-electron chi connectivity index (χ1n) is 7.61. The minimum absolute atomic E-state index is 0.123. The standard InChI is InChI=1S/C17H17N5O2S/c1-11-4-3-5-12(2)16(11)18-15(24)10-25-17-19-20-21-22(17)13-6-8-14(23)9-7-13/h3-9,23H,10H2,1-2H3,(H,18,24). The van der Waals surface area contributed by atoms with Gasteiger partial charge in [-0.1, -0.05) is 30.0 Å². The number of aromatic nitrogens is 4. The van der Waals surface area contributed by atoms with E-state index in [1.54, 1.807) is 24.3 Å². The van der Waals surface area contributed by atoms with Crippen LogP contribution in [0.5, 0.6) is 5.75 Å². The highest BCUT2D eigenvalue weighted by molar-refractivity contribution is 7.99. The average Bonchev–Trinajstić information content (AvgIpc) is 3.06. The van der Waals surface area contributed by atoms with Gasteiger partial charge in [0.2, 0.25) is 11.1 Å². The molecule has 3 rings (SSSR count). The predicted octanol–water partition coefficient (Wildman–Crippen LogP) is 2.72. The number of aryl methyl sites for hydroxylation is 2. The van der Waals surface area contributed by atoms with Crippen molar-refractivity contribution in [3.05, 3.63) is 53.6 Å². The van der Waals surface area contributed by atoms with Crippen molar-refractivity contribution in [3.63, 3.8) is 0 Å². The maximum absolute atomic E-state index is 12.3. The van der Waals surface area contributed by atoms with Crippen LogP contribution in [0.2, 0.25) is 0 Å². The van der Waals surface area contributed by atoms with Crippen LogP contribution in [-0.4, -0.2) is 37.0 Å². The summed E-state index contributed by atoms with van der Waals surface area (Å²) < 4.78 is 1.52. The number of phenolic OH excluding ortho intramolecular Hbond substituents is 1. The molecule has 0 bridgehead atoms. The zero-order valence-corrected chi connectivity index (χ0v) is 14.6. The number of benzene rings is 2. The third kappa shape index (κ3) is 3.97. The molecule has 2 aromatic carbocycles. The number of anilines is 1. The molecule has 0 spiro atoms. The van der Waals surface area contributed by atoms with E-state index in [0.29, 0.717) is 10.8 Å². The molecular formula is C17H17N5O2S. The van der Waals surface area contributed by atoms with Crippen molar-refractivity contribution in [2.45, 2.75) is 19.0 Å². The van der Waals surface area contributed by atoms with Crippen molar-refractivity contribution in [2.75, 3.05) is 11.1 Å². The Bertz CT molecular complexity index is 872. The molecule has 0 saturated heterocycles. The first-order chi connectivity index (χ1) is 12.0. The number of carbonyl (C=O) groups is 1. The van der Waals surface area contributed by atoms with E-state index in [2.05, 4.69) is 20.8 Å². The summed E-state index contributed by atoms with van der Waals surface area (Å²) >= 11 is 1.24. The first kappa shape index (κ1) is 17.0. The fourth-order valence-electron chi connectivity index (χ4n) is 2.34. The van der Waals surface area contributed by atoms with Crippen molar-refractivity contribution in [3.8, 4) is 11.4 Å². The number of tetrazole rings is 1. The quantitative estimate of drug-likeness (QED) is 0.684. The van der Waals surface area contributed by atoms with Gasteiger partial charge in [-0.2, -0.15) is 4.68 Å². The van der Waals surface area contributed by atoms with Crippen LogP contribution in [0.25, 0.3) is 5.69 Å². The number of thioether (sulfide) groups is 1. The third-order valence-corrected chi connectivity index (χ3v) is 4.53. The van der Waals surface area contributed by atoms with Crippen LogP contribution in [0.3, 0.4) is 0 Å².